The van der Waals surface area contributed by atoms with Crippen molar-refractivity contribution < 1.29 is 13.7 Å². The van der Waals surface area contributed by atoms with Crippen LogP contribution in [0, 0.1) is 11.3 Å². The summed E-state index contributed by atoms with van der Waals surface area (Å²) in [5, 5.41) is 3.89. The second kappa shape index (κ2) is 13.4. The summed E-state index contributed by atoms with van der Waals surface area (Å²) in [7, 11) is -2.75. The number of allylic oxidation sites excluding steroid dienone is 1. The highest BCUT2D eigenvalue weighted by molar-refractivity contribution is 8.13. The van der Waals surface area contributed by atoms with Crippen LogP contribution in [0.25, 0.3) is 0 Å². The summed E-state index contributed by atoms with van der Waals surface area (Å²) in [6.07, 6.45) is 7.06. The van der Waals surface area contributed by atoms with Crippen LogP contribution >= 0.6 is 11.8 Å². The van der Waals surface area contributed by atoms with Crippen LogP contribution < -0.4 is 10.4 Å². The number of benzene rings is 3. The van der Waals surface area contributed by atoms with Crippen molar-refractivity contribution in [3.05, 3.63) is 122 Å². The Bertz CT molecular complexity index is 1490. The first-order chi connectivity index (χ1) is 21.9. The molecule has 0 saturated carbocycles. The maximum absolute atomic E-state index is 7.62. The first-order valence-corrected chi connectivity index (χ1v) is 19.8. The molecule has 0 aliphatic carbocycles. The molecule has 0 spiro atoms. The van der Waals surface area contributed by atoms with Gasteiger partial charge in [0, 0.05) is 37.2 Å². The Labute approximate surface area is 284 Å². The largest absolute Gasteiger partial charge is 0.407 e. The average Bonchev–Trinajstić information content (AvgIpc) is 3.26. The molecule has 3 aromatic rings. The van der Waals surface area contributed by atoms with E-state index < -0.39 is 14.0 Å². The lowest BCUT2D eigenvalue weighted by Crippen LogP contribution is -2.67. The molecule has 46 heavy (non-hydrogen) atoms. The molecule has 3 nitrogen and oxygen atoms in total. The molecular formula is C41H54NO2SSi+. The third kappa shape index (κ3) is 5.93. The van der Waals surface area contributed by atoms with Gasteiger partial charge >= 0.3 is 0 Å². The number of thioether (sulfide) groups is 1. The molecule has 2 aliphatic heterocycles. The summed E-state index contributed by atoms with van der Waals surface area (Å²) < 4.78 is 17.3. The molecule has 0 unspecified atom stereocenters. The van der Waals surface area contributed by atoms with E-state index in [1.165, 1.54) is 21.0 Å². The Hall–Kier alpha value is -2.70. The molecule has 244 valence electrons. The minimum Gasteiger partial charge on any atom is -0.407 e. The zero-order chi connectivity index (χ0) is 33.2. The van der Waals surface area contributed by atoms with E-state index in [0.29, 0.717) is 6.61 Å². The summed E-state index contributed by atoms with van der Waals surface area (Å²) in [6, 6.07) is 32.9. The van der Waals surface area contributed by atoms with Gasteiger partial charge in [-0.2, -0.15) is 4.58 Å². The van der Waals surface area contributed by atoms with Gasteiger partial charge in [-0.25, -0.2) is 0 Å². The highest BCUT2D eigenvalue weighted by Crippen LogP contribution is 2.56. The number of ether oxygens (including phenoxy) is 1. The van der Waals surface area contributed by atoms with Gasteiger partial charge in [-0.15, -0.1) is 13.2 Å². The fourth-order valence-corrected chi connectivity index (χ4v) is 14.4. The molecular weight excluding hydrogens is 599 g/mol. The van der Waals surface area contributed by atoms with Crippen molar-refractivity contribution in [1.82, 2.24) is 0 Å². The van der Waals surface area contributed by atoms with Gasteiger partial charge in [-0.1, -0.05) is 143 Å². The topological polar surface area (TPSA) is 21.5 Å². The average molecular weight is 653 g/mol. The molecule has 0 amide bonds. The fourth-order valence-electron chi connectivity index (χ4n) is 8.47. The lowest BCUT2D eigenvalue weighted by atomic mass is 9.67. The van der Waals surface area contributed by atoms with Gasteiger partial charge in [0.25, 0.3) is 14.0 Å². The van der Waals surface area contributed by atoms with Gasteiger partial charge in [0.05, 0.1) is 5.41 Å². The normalized spacial score (nSPS) is 25.2. The zero-order valence-corrected chi connectivity index (χ0v) is 30.9. The quantitative estimate of drug-likeness (QED) is 0.117. The van der Waals surface area contributed by atoms with Crippen molar-refractivity contribution in [2.75, 3.05) is 12.4 Å². The summed E-state index contributed by atoms with van der Waals surface area (Å²) in [5.74, 6) is 1.05. The van der Waals surface area contributed by atoms with Crippen molar-refractivity contribution in [2.45, 2.75) is 90.1 Å². The number of hydrogen-bond acceptors (Lipinski definition) is 3. The molecule has 2 heterocycles. The minimum atomic E-state index is -2.75. The molecule has 2 aliphatic rings. The van der Waals surface area contributed by atoms with E-state index in [9.17, 15) is 0 Å². The number of fused-ring (bicyclic) bond motifs is 1. The third-order valence-corrected chi connectivity index (χ3v) is 16.6. The van der Waals surface area contributed by atoms with Gasteiger partial charge in [-0.3, -0.25) is 0 Å². The number of rotatable bonds is 11. The SMILES string of the molecule is C=CC[C@]1([C@H](C=C)CO[Si](c2ccccc2)(c2ccccc2)C(C)(C)C)CC[C@]2(C)OC(C)(C)[C@@H](c3ccccc3)[N+]2=C1SCC. The van der Waals surface area contributed by atoms with Crippen LogP contribution in [-0.2, 0) is 9.16 Å². The first kappa shape index (κ1) is 34.6. The number of hydrogen-bond donors (Lipinski definition) is 0. The van der Waals surface area contributed by atoms with E-state index in [4.69, 9.17) is 9.16 Å². The predicted molar refractivity (Wildman–Crippen MR) is 200 cm³/mol. The van der Waals surface area contributed by atoms with Crippen LogP contribution in [0.5, 0.6) is 0 Å². The maximum Gasteiger partial charge on any atom is 0.266 e. The van der Waals surface area contributed by atoms with Crippen LogP contribution in [0.2, 0.25) is 5.04 Å². The Kier molecular flexibility index (Phi) is 10.1. The smallest absolute Gasteiger partial charge is 0.266 e. The summed E-state index contributed by atoms with van der Waals surface area (Å²) in [4.78, 5) is 0. The molecule has 5 heteroatoms. The summed E-state index contributed by atoms with van der Waals surface area (Å²) in [5.41, 5.74) is 0.302. The summed E-state index contributed by atoms with van der Waals surface area (Å²) in [6.45, 7) is 25.6. The molecule has 0 aromatic heterocycles. The van der Waals surface area contributed by atoms with Crippen molar-refractivity contribution >= 4 is 35.5 Å². The first-order valence-electron chi connectivity index (χ1n) is 16.9. The van der Waals surface area contributed by atoms with Gasteiger partial charge in [0.2, 0.25) is 11.1 Å². The monoisotopic (exact) mass is 652 g/mol. The van der Waals surface area contributed by atoms with Gasteiger partial charge in [0.15, 0.2) is 0 Å². The molecule has 3 aromatic carbocycles. The van der Waals surface area contributed by atoms with Crippen molar-refractivity contribution in [3.63, 3.8) is 0 Å². The molecule has 5 rings (SSSR count). The van der Waals surface area contributed by atoms with Crippen molar-refractivity contribution in [2.24, 2.45) is 11.3 Å². The zero-order valence-electron chi connectivity index (χ0n) is 29.1. The highest BCUT2D eigenvalue weighted by atomic mass is 32.2. The summed E-state index contributed by atoms with van der Waals surface area (Å²) >= 11 is 1.97. The fraction of sp³-hybridized carbons (Fsp3) is 0.439. The van der Waals surface area contributed by atoms with E-state index in [1.807, 2.05) is 11.8 Å². The molecule has 1 saturated heterocycles. The lowest BCUT2D eigenvalue weighted by molar-refractivity contribution is -0.653. The second-order valence-electron chi connectivity index (χ2n) is 14.8. The molecule has 0 bridgehead atoms. The van der Waals surface area contributed by atoms with Crippen LogP contribution in [0.4, 0.5) is 0 Å². The third-order valence-electron chi connectivity index (χ3n) is 10.4. The minimum absolute atomic E-state index is 0.0749. The van der Waals surface area contributed by atoms with E-state index in [0.717, 1.165) is 25.0 Å². The van der Waals surface area contributed by atoms with E-state index in [-0.39, 0.29) is 28.0 Å². The predicted octanol–water partition coefficient (Wildman–Crippen LogP) is 9.15. The van der Waals surface area contributed by atoms with Crippen molar-refractivity contribution in [3.8, 4) is 0 Å². The second-order valence-corrected chi connectivity index (χ2v) is 20.3. The van der Waals surface area contributed by atoms with Crippen LogP contribution in [0.3, 0.4) is 0 Å². The number of nitrogens with zero attached hydrogens (tertiary/aromatic N) is 1. The van der Waals surface area contributed by atoms with Gasteiger partial charge in [0.1, 0.15) is 5.60 Å². The molecule has 0 N–H and O–H groups in total. The Balaban J connectivity index is 1.69. The molecule has 4 atom stereocenters. The Morgan fingerprint density at radius 1 is 0.913 bits per heavy atom. The highest BCUT2D eigenvalue weighted by Gasteiger charge is 2.66. The van der Waals surface area contributed by atoms with Crippen LogP contribution in [0.1, 0.15) is 79.3 Å². The lowest BCUT2D eigenvalue weighted by Gasteiger charge is -2.47. The van der Waals surface area contributed by atoms with Crippen molar-refractivity contribution in [1.29, 1.82) is 0 Å². The van der Waals surface area contributed by atoms with E-state index in [1.54, 1.807) is 0 Å². The van der Waals surface area contributed by atoms with E-state index >= 15 is 0 Å². The van der Waals surface area contributed by atoms with E-state index in [2.05, 4.69) is 169 Å². The molecule has 1 fully saturated rings. The maximum atomic E-state index is 7.62. The van der Waals surface area contributed by atoms with Crippen LogP contribution in [-0.4, -0.2) is 41.6 Å². The Morgan fingerprint density at radius 3 is 1.93 bits per heavy atom. The standard InChI is InChI=1S/C41H54NO2SSi/c1-10-28-41(30-29-40(9)42(37(41)45-12-3)36(39(7,8)44-40)32-22-16-13-17-23-32)33(11-2)31-43-46(38(4,5)6,34-24-18-14-19-25-34)35-26-20-15-21-27-35/h10-11,13-27,33,36H,1-2,12,28-31H2,3-9H3/q+1/t33-,36-,40+,41-/m1/s1. The Morgan fingerprint density at radius 2 is 1.46 bits per heavy atom. The van der Waals surface area contributed by atoms with Crippen LogP contribution in [0.15, 0.2) is 116 Å². The molecule has 0 radical (unpaired) electrons. The van der Waals surface area contributed by atoms with Gasteiger partial charge in [-0.05, 0) is 42.1 Å². The van der Waals surface area contributed by atoms with Gasteiger partial charge < -0.3 is 9.16 Å².